The highest BCUT2D eigenvalue weighted by Gasteiger charge is 2.42. The van der Waals surface area contributed by atoms with Crippen LogP contribution in [0, 0.1) is 0 Å². The molecule has 584 valence electrons. The molecule has 4 aromatic heterocycles. The van der Waals surface area contributed by atoms with Gasteiger partial charge in [-0.15, -0.1) is 0 Å². The maximum absolute atomic E-state index is 6.95. The molecule has 0 amide bonds. The summed E-state index contributed by atoms with van der Waals surface area (Å²) in [6.45, 7) is 0. The summed E-state index contributed by atoms with van der Waals surface area (Å²) in [6.07, 6.45) is 8.83. The Bertz CT molecular complexity index is 7520. The number of fused-ring (bicyclic) bond motifs is 14. The largest absolute Gasteiger partial charge is 0.484 e. The molecule has 0 spiro atoms. The molecule has 0 bridgehead atoms. The number of hydrogen-bond acceptors (Lipinski definition) is 8. The third kappa shape index (κ3) is 13.4. The number of rotatable bonds is 14. The van der Waals surface area contributed by atoms with Crippen LogP contribution in [0.25, 0.3) is 180 Å². The average molecular weight is 1590 g/mol. The molecule has 10 heteroatoms. The summed E-state index contributed by atoms with van der Waals surface area (Å²) in [5, 5.41) is 2.39. The van der Waals surface area contributed by atoms with Crippen LogP contribution < -0.4 is 9.47 Å². The van der Waals surface area contributed by atoms with Crippen molar-refractivity contribution in [2.75, 3.05) is 0 Å². The number of nitrogens with zero attached hydrogens (tertiary/aromatic N) is 8. The first-order valence-electron chi connectivity index (χ1n) is 42.2. The van der Waals surface area contributed by atoms with E-state index in [4.69, 9.17) is 39.4 Å². The summed E-state index contributed by atoms with van der Waals surface area (Å²) in [6, 6.07) is 145. The van der Waals surface area contributed by atoms with Crippen molar-refractivity contribution in [2.45, 2.75) is 24.0 Å². The highest BCUT2D eigenvalue weighted by molar-refractivity contribution is 5.94. The van der Waals surface area contributed by atoms with Gasteiger partial charge < -0.3 is 18.6 Å². The maximum atomic E-state index is 6.95. The molecule has 2 aliphatic carbocycles. The van der Waals surface area contributed by atoms with Crippen LogP contribution in [0.2, 0.25) is 0 Å². The zero-order chi connectivity index (χ0) is 82.0. The summed E-state index contributed by atoms with van der Waals surface area (Å²) in [4.78, 5) is 30.4. The van der Waals surface area contributed by atoms with E-state index in [1.807, 2.05) is 72.8 Å². The standard InChI is InChI=1S/2C57H38N4O/c1-4-14-37(15-5-1)39-26-28-40(29-27-39)43-21-13-23-46(35-43)61-50-25-11-10-24-48(50)53-51(61)32-31-47-49-36-45(30-33-52(49)62-54(47)53)57-59-55(41-18-8-3-9-19-41)58-56(60-57)44-22-12-20-42(34-44)38-16-6-2-7-17-38;1-4-13-37(14-5-1)39-23-25-41(26-24-39)44-19-12-20-46(35-44)61-50-22-11-10-21-48(50)53-51(61)33-32-47-49-36-45(31-34-52(49)62-54(47)53)57-59-55(42-17-8-3-9-18-42)58-56(60-57)43-29-27-40(28-30-43)38-15-6-2-7-16-38/h2*1-36,47,54H. The van der Waals surface area contributed by atoms with E-state index in [0.717, 1.165) is 106 Å². The molecule has 0 radical (unpaired) electrons. The van der Waals surface area contributed by atoms with Crippen molar-refractivity contribution in [1.29, 1.82) is 0 Å². The molecular weight excluding hydrogens is 1510 g/mol. The first-order chi connectivity index (χ1) is 61.4. The first kappa shape index (κ1) is 72.9. The van der Waals surface area contributed by atoms with Crippen molar-refractivity contribution >= 4 is 34.0 Å². The Morgan fingerprint density at radius 1 is 0.202 bits per heavy atom. The van der Waals surface area contributed by atoms with Crippen LogP contribution in [-0.2, 0) is 0 Å². The molecular formula is C114H76N8O2. The van der Waals surface area contributed by atoms with Crippen molar-refractivity contribution in [3.05, 3.63) is 458 Å². The molecule has 2 aliphatic heterocycles. The van der Waals surface area contributed by atoms with Gasteiger partial charge in [0.1, 0.15) is 23.7 Å². The second-order valence-electron chi connectivity index (χ2n) is 31.9. The quantitative estimate of drug-likeness (QED) is 0.106. The summed E-state index contributed by atoms with van der Waals surface area (Å²) in [7, 11) is 0. The zero-order valence-corrected chi connectivity index (χ0v) is 67.3. The molecule has 16 aromatic carbocycles. The Morgan fingerprint density at radius 3 is 0.823 bits per heavy atom. The van der Waals surface area contributed by atoms with Crippen LogP contribution in [0.1, 0.15) is 57.7 Å². The molecule has 24 rings (SSSR count). The number of benzene rings is 16. The summed E-state index contributed by atoms with van der Waals surface area (Å²) in [5.41, 5.74) is 31.2. The number of aromatic nitrogens is 8. The summed E-state index contributed by atoms with van der Waals surface area (Å²) < 4.78 is 18.7. The van der Waals surface area contributed by atoms with Crippen LogP contribution in [0.3, 0.4) is 0 Å². The van der Waals surface area contributed by atoms with Gasteiger partial charge >= 0.3 is 0 Å². The lowest BCUT2D eigenvalue weighted by molar-refractivity contribution is 0.224. The van der Waals surface area contributed by atoms with Gasteiger partial charge in [-0.05, 0) is 158 Å². The van der Waals surface area contributed by atoms with Gasteiger partial charge in [0.05, 0.1) is 22.4 Å². The van der Waals surface area contributed by atoms with Crippen molar-refractivity contribution in [1.82, 2.24) is 39.0 Å². The monoisotopic (exact) mass is 1590 g/mol. The van der Waals surface area contributed by atoms with E-state index in [-0.39, 0.29) is 24.0 Å². The van der Waals surface area contributed by atoms with Crippen LogP contribution in [0.15, 0.2) is 425 Å². The van der Waals surface area contributed by atoms with Gasteiger partial charge in [0.2, 0.25) is 0 Å². The number of para-hydroxylation sites is 2. The number of ether oxygens (including phenoxy) is 2. The van der Waals surface area contributed by atoms with Gasteiger partial charge in [0, 0.05) is 89.6 Å². The predicted molar refractivity (Wildman–Crippen MR) is 502 cm³/mol. The van der Waals surface area contributed by atoms with Gasteiger partial charge in [-0.1, -0.05) is 346 Å². The molecule has 6 heterocycles. The molecule has 4 aliphatic rings. The lowest BCUT2D eigenvalue weighted by Crippen LogP contribution is -2.13. The Morgan fingerprint density at radius 2 is 0.452 bits per heavy atom. The van der Waals surface area contributed by atoms with E-state index in [1.54, 1.807) is 0 Å². The van der Waals surface area contributed by atoms with Crippen LogP contribution in [-0.4, -0.2) is 39.0 Å². The van der Waals surface area contributed by atoms with E-state index in [1.165, 1.54) is 72.0 Å². The van der Waals surface area contributed by atoms with Crippen LogP contribution in [0.4, 0.5) is 0 Å². The minimum absolute atomic E-state index is 0.0172. The third-order valence-corrected chi connectivity index (χ3v) is 24.5. The van der Waals surface area contributed by atoms with Gasteiger partial charge in [0.15, 0.2) is 34.9 Å². The molecule has 124 heavy (non-hydrogen) atoms. The number of hydrogen-bond donors (Lipinski definition) is 0. The van der Waals surface area contributed by atoms with Gasteiger partial charge in [0.25, 0.3) is 0 Å². The molecule has 10 nitrogen and oxygen atoms in total. The predicted octanol–water partition coefficient (Wildman–Crippen LogP) is 28.1. The molecule has 4 unspecified atom stereocenters. The zero-order valence-electron chi connectivity index (χ0n) is 67.3. The van der Waals surface area contributed by atoms with E-state index >= 15 is 0 Å². The molecule has 0 N–H and O–H groups in total. The Labute approximate surface area is 718 Å². The summed E-state index contributed by atoms with van der Waals surface area (Å²) >= 11 is 0. The molecule has 0 saturated carbocycles. The third-order valence-electron chi connectivity index (χ3n) is 24.5. The van der Waals surface area contributed by atoms with Crippen LogP contribution in [0.5, 0.6) is 11.5 Å². The molecule has 20 aromatic rings. The SMILES string of the molecule is C1=CC2c3cc(-c4nc(-c5ccccc5)nc(-c5ccc(-c6ccccc6)cc5)n4)ccc3OC2c2c1n(-c1cccc(-c3ccc(-c4ccccc4)cc3)c1)c1ccccc21.C1=CC2c3cc(-c4nc(-c5ccccc5)nc(-c5cccc(-c6ccccc6)c5)n4)ccc3OC2c2c1n(-c1cccc(-c3ccc(-c4ccccc4)cc3)c1)c1ccccc21. The Balaban J connectivity index is 0.000000143. The average Bonchev–Trinajstić information content (AvgIpc) is 1.56. The topological polar surface area (TPSA) is 106 Å². The highest BCUT2D eigenvalue weighted by atomic mass is 16.5. The van der Waals surface area contributed by atoms with Crippen molar-refractivity contribution in [2.24, 2.45) is 0 Å². The molecule has 0 fully saturated rings. The normalized spacial score (nSPS) is 14.8. The van der Waals surface area contributed by atoms with Crippen LogP contribution >= 0.6 is 0 Å². The minimum Gasteiger partial charge on any atom is -0.484 e. The smallest absolute Gasteiger partial charge is 0.164 e. The van der Waals surface area contributed by atoms with E-state index in [2.05, 4.69) is 373 Å². The first-order valence-corrected chi connectivity index (χ1v) is 42.2. The van der Waals surface area contributed by atoms with Gasteiger partial charge in [-0.2, -0.15) is 0 Å². The van der Waals surface area contributed by atoms with E-state index in [9.17, 15) is 0 Å². The summed E-state index contributed by atoms with van der Waals surface area (Å²) in [5.74, 6) is 5.58. The highest BCUT2D eigenvalue weighted by Crippen LogP contribution is 2.56. The second kappa shape index (κ2) is 31.1. The minimum atomic E-state index is -0.186. The van der Waals surface area contributed by atoms with E-state index in [0.29, 0.717) is 34.9 Å². The van der Waals surface area contributed by atoms with E-state index < -0.39 is 0 Å². The second-order valence-corrected chi connectivity index (χ2v) is 31.9. The fourth-order valence-corrected chi connectivity index (χ4v) is 18.4. The fraction of sp³-hybridized carbons (Fsp3) is 0.0351. The van der Waals surface area contributed by atoms with Crippen molar-refractivity contribution in [3.8, 4) is 158 Å². The fourth-order valence-electron chi connectivity index (χ4n) is 18.4. The van der Waals surface area contributed by atoms with Gasteiger partial charge in [-0.25, -0.2) is 29.9 Å². The maximum Gasteiger partial charge on any atom is 0.164 e. The lowest BCUT2D eigenvalue weighted by atomic mass is 9.85. The van der Waals surface area contributed by atoms with Gasteiger partial charge in [-0.3, -0.25) is 0 Å². The Kier molecular flexibility index (Phi) is 18.3. The van der Waals surface area contributed by atoms with Crippen molar-refractivity contribution in [3.63, 3.8) is 0 Å². The van der Waals surface area contributed by atoms with Crippen molar-refractivity contribution < 1.29 is 9.47 Å². The Hall–Kier alpha value is -16.3. The molecule has 4 atom stereocenters. The molecule has 0 saturated heterocycles. The lowest BCUT2D eigenvalue weighted by Gasteiger charge is -2.22.